The van der Waals surface area contributed by atoms with E-state index in [1.807, 2.05) is 0 Å². The zero-order chi connectivity index (χ0) is 27.9. The van der Waals surface area contributed by atoms with Crippen molar-refractivity contribution in [1.82, 2.24) is 0 Å². The third-order valence-corrected chi connectivity index (χ3v) is 7.68. The molecule has 202 valence electrons. The summed E-state index contributed by atoms with van der Waals surface area (Å²) < 4.78 is 12.1. The Morgan fingerprint density at radius 1 is 0.590 bits per heavy atom. The minimum Gasteiger partial charge on any atom is -0.490 e. The van der Waals surface area contributed by atoms with Gasteiger partial charge in [-0.15, -0.1) is 0 Å². The molecule has 0 bridgehead atoms. The minimum absolute atomic E-state index is 0.254. The Morgan fingerprint density at radius 3 is 1.26 bits per heavy atom. The van der Waals surface area contributed by atoms with E-state index in [4.69, 9.17) is 9.47 Å². The van der Waals surface area contributed by atoms with E-state index < -0.39 is 17.6 Å². The van der Waals surface area contributed by atoms with Crippen LogP contribution in [0.15, 0.2) is 72.8 Å². The minimum atomic E-state index is -0.538. The van der Waals surface area contributed by atoms with Crippen LogP contribution in [0.2, 0.25) is 0 Å². The highest BCUT2D eigenvalue weighted by Gasteiger charge is 2.46. The SMILES string of the molecule is Cc1cc(C2(c3cc(C)c(OCC(C)O)c(C)c3)c3ccccc3-c3ccccc32)cc(C)c1OCC(C)O. The lowest BCUT2D eigenvalue weighted by atomic mass is 9.66. The molecule has 0 amide bonds. The number of aliphatic hydroxyl groups is 2. The second kappa shape index (κ2) is 10.5. The Kier molecular flexibility index (Phi) is 7.28. The second-order valence-electron chi connectivity index (χ2n) is 11.0. The molecule has 4 heteroatoms. The molecule has 4 nitrogen and oxygen atoms in total. The molecule has 0 heterocycles. The first-order valence-electron chi connectivity index (χ1n) is 13.7. The smallest absolute Gasteiger partial charge is 0.125 e. The molecule has 2 atom stereocenters. The van der Waals surface area contributed by atoms with Crippen LogP contribution in [0.25, 0.3) is 11.1 Å². The number of hydrogen-bond donors (Lipinski definition) is 2. The third kappa shape index (κ3) is 4.62. The zero-order valence-electron chi connectivity index (χ0n) is 23.7. The summed E-state index contributed by atoms with van der Waals surface area (Å²) in [7, 11) is 0. The van der Waals surface area contributed by atoms with E-state index in [-0.39, 0.29) is 13.2 Å². The van der Waals surface area contributed by atoms with E-state index >= 15 is 0 Å². The van der Waals surface area contributed by atoms with Crippen LogP contribution in [-0.4, -0.2) is 35.6 Å². The molecule has 0 saturated carbocycles. The molecular formula is C35H38O4. The van der Waals surface area contributed by atoms with Gasteiger partial charge >= 0.3 is 0 Å². The van der Waals surface area contributed by atoms with Crippen LogP contribution in [0.1, 0.15) is 58.4 Å². The van der Waals surface area contributed by atoms with Crippen molar-refractivity contribution in [3.05, 3.63) is 117 Å². The van der Waals surface area contributed by atoms with Crippen LogP contribution < -0.4 is 9.47 Å². The van der Waals surface area contributed by atoms with Gasteiger partial charge in [-0.05, 0) is 97.2 Å². The molecular weight excluding hydrogens is 484 g/mol. The lowest BCUT2D eigenvalue weighted by molar-refractivity contribution is 0.122. The number of fused-ring (bicyclic) bond motifs is 3. The van der Waals surface area contributed by atoms with Crippen LogP contribution in [-0.2, 0) is 5.41 Å². The zero-order valence-corrected chi connectivity index (χ0v) is 23.7. The Balaban J connectivity index is 1.80. The molecule has 4 aromatic carbocycles. The molecule has 0 fully saturated rings. The lowest BCUT2D eigenvalue weighted by Crippen LogP contribution is -2.29. The van der Waals surface area contributed by atoms with Crippen LogP contribution >= 0.6 is 0 Å². The van der Waals surface area contributed by atoms with Gasteiger partial charge in [0, 0.05) is 0 Å². The molecule has 0 radical (unpaired) electrons. The number of aliphatic hydroxyl groups excluding tert-OH is 2. The van der Waals surface area contributed by atoms with Gasteiger partial charge in [0.05, 0.1) is 17.6 Å². The van der Waals surface area contributed by atoms with Gasteiger partial charge in [-0.3, -0.25) is 0 Å². The van der Waals surface area contributed by atoms with E-state index in [0.717, 1.165) is 33.8 Å². The van der Waals surface area contributed by atoms with Gasteiger partial charge in [0.2, 0.25) is 0 Å². The van der Waals surface area contributed by atoms with Crippen LogP contribution in [0.3, 0.4) is 0 Å². The highest BCUT2D eigenvalue weighted by molar-refractivity contribution is 5.86. The number of hydrogen-bond acceptors (Lipinski definition) is 4. The second-order valence-corrected chi connectivity index (χ2v) is 11.0. The molecule has 1 aliphatic carbocycles. The number of aryl methyl sites for hydroxylation is 4. The maximum Gasteiger partial charge on any atom is 0.125 e. The molecule has 0 aliphatic heterocycles. The molecule has 4 aromatic rings. The molecule has 0 saturated heterocycles. The standard InChI is InChI=1S/C35H38O4/c1-21-15-27(16-22(2)33(21)38-19-25(5)36)35(28-17-23(3)34(24(4)18-28)39-20-26(6)37)31-13-9-7-11-29(31)30-12-8-10-14-32(30)35/h7-18,25-26,36-37H,19-20H2,1-6H3. The van der Waals surface area contributed by atoms with Crippen molar-refractivity contribution in [2.75, 3.05) is 13.2 Å². The average molecular weight is 523 g/mol. The molecule has 2 N–H and O–H groups in total. The summed E-state index contributed by atoms with van der Waals surface area (Å²) in [5.74, 6) is 1.65. The van der Waals surface area contributed by atoms with Gasteiger partial charge in [-0.2, -0.15) is 0 Å². The Morgan fingerprint density at radius 2 is 0.923 bits per heavy atom. The van der Waals surface area contributed by atoms with Gasteiger partial charge in [-0.25, -0.2) is 0 Å². The van der Waals surface area contributed by atoms with E-state index in [0.29, 0.717) is 0 Å². The van der Waals surface area contributed by atoms with Gasteiger partial charge in [0.15, 0.2) is 0 Å². The van der Waals surface area contributed by atoms with Gasteiger partial charge < -0.3 is 19.7 Å². The third-order valence-electron chi connectivity index (χ3n) is 7.68. The van der Waals surface area contributed by atoms with Gasteiger partial charge in [0.1, 0.15) is 24.7 Å². The molecule has 0 spiro atoms. The Labute approximate surface area is 231 Å². The quantitative estimate of drug-likeness (QED) is 0.235. The highest BCUT2D eigenvalue weighted by Crippen LogP contribution is 2.57. The van der Waals surface area contributed by atoms with Crippen molar-refractivity contribution >= 4 is 0 Å². The molecule has 1 aliphatic rings. The predicted molar refractivity (Wildman–Crippen MR) is 157 cm³/mol. The first-order valence-corrected chi connectivity index (χ1v) is 13.7. The first kappa shape index (κ1) is 27.0. The molecule has 39 heavy (non-hydrogen) atoms. The topological polar surface area (TPSA) is 58.9 Å². The van der Waals surface area contributed by atoms with Gasteiger partial charge in [0.25, 0.3) is 0 Å². The Hall–Kier alpha value is -3.60. The lowest BCUT2D eigenvalue weighted by Gasteiger charge is -2.35. The summed E-state index contributed by atoms with van der Waals surface area (Å²) in [4.78, 5) is 0. The fourth-order valence-corrected chi connectivity index (χ4v) is 6.22. The maximum absolute atomic E-state index is 9.82. The summed E-state index contributed by atoms with van der Waals surface area (Å²) in [5.41, 5.74) is 10.9. The monoisotopic (exact) mass is 522 g/mol. The first-order chi connectivity index (χ1) is 18.6. The number of ether oxygens (including phenoxy) is 2. The van der Waals surface area contributed by atoms with Crippen molar-refractivity contribution in [2.24, 2.45) is 0 Å². The van der Waals surface area contributed by atoms with Crippen molar-refractivity contribution in [3.8, 4) is 22.6 Å². The summed E-state index contributed by atoms with van der Waals surface area (Å²) in [6.45, 7) is 12.3. The summed E-state index contributed by atoms with van der Waals surface area (Å²) in [6.07, 6.45) is -1.08. The van der Waals surface area contributed by atoms with E-state index in [9.17, 15) is 10.2 Å². The van der Waals surface area contributed by atoms with Crippen molar-refractivity contribution in [2.45, 2.75) is 59.2 Å². The van der Waals surface area contributed by atoms with Crippen molar-refractivity contribution in [3.63, 3.8) is 0 Å². The van der Waals surface area contributed by atoms with E-state index in [1.165, 1.54) is 33.4 Å². The number of benzene rings is 4. The van der Waals surface area contributed by atoms with E-state index in [2.05, 4.69) is 100 Å². The number of rotatable bonds is 8. The maximum atomic E-state index is 9.82. The van der Waals surface area contributed by atoms with E-state index in [1.54, 1.807) is 13.8 Å². The molecule has 5 rings (SSSR count). The predicted octanol–water partition coefficient (Wildman–Crippen LogP) is 6.80. The van der Waals surface area contributed by atoms with Gasteiger partial charge in [-0.1, -0.05) is 72.8 Å². The Bertz CT molecular complexity index is 1350. The summed E-state index contributed by atoms with van der Waals surface area (Å²) in [6, 6.07) is 26.4. The summed E-state index contributed by atoms with van der Waals surface area (Å²) in [5, 5.41) is 19.6. The van der Waals surface area contributed by atoms with Crippen molar-refractivity contribution < 1.29 is 19.7 Å². The average Bonchev–Trinajstić information content (AvgIpc) is 3.18. The molecule has 0 aromatic heterocycles. The van der Waals surface area contributed by atoms with Crippen LogP contribution in [0, 0.1) is 27.7 Å². The largest absolute Gasteiger partial charge is 0.490 e. The van der Waals surface area contributed by atoms with Crippen molar-refractivity contribution in [1.29, 1.82) is 0 Å². The fraction of sp³-hybridized carbons (Fsp3) is 0.314. The molecule has 2 unspecified atom stereocenters. The van der Waals surface area contributed by atoms with Crippen LogP contribution in [0.4, 0.5) is 0 Å². The summed E-state index contributed by atoms with van der Waals surface area (Å²) >= 11 is 0. The van der Waals surface area contributed by atoms with Crippen LogP contribution in [0.5, 0.6) is 11.5 Å². The highest BCUT2D eigenvalue weighted by atomic mass is 16.5. The fourth-order valence-electron chi connectivity index (χ4n) is 6.22. The normalized spacial score (nSPS) is 14.9.